The molecule has 0 saturated carbocycles. The summed E-state index contributed by atoms with van der Waals surface area (Å²) >= 11 is 5.77. The van der Waals surface area contributed by atoms with Crippen molar-refractivity contribution in [3.63, 3.8) is 0 Å². The lowest BCUT2D eigenvalue weighted by Gasteiger charge is -2.19. The van der Waals surface area contributed by atoms with Crippen LogP contribution in [0.3, 0.4) is 0 Å². The summed E-state index contributed by atoms with van der Waals surface area (Å²) in [5, 5.41) is 3.15. The number of nitrogen functional groups attached to an aromatic ring is 1. The first-order chi connectivity index (χ1) is 9.49. The smallest absolute Gasteiger partial charge is 0.223 e. The molecule has 2 rings (SSSR count). The Morgan fingerprint density at radius 3 is 2.70 bits per heavy atom. The summed E-state index contributed by atoms with van der Waals surface area (Å²) in [5.74, 6) is -0.617. The molecule has 1 heterocycles. The maximum absolute atomic E-state index is 13.8. The van der Waals surface area contributed by atoms with Crippen LogP contribution in [0.15, 0.2) is 24.3 Å². The van der Waals surface area contributed by atoms with Crippen LogP contribution in [-0.2, 0) is 0 Å². The largest absolute Gasteiger partial charge is 0.368 e. The van der Waals surface area contributed by atoms with Gasteiger partial charge >= 0.3 is 0 Å². The molecular weight excluding hydrogens is 286 g/mol. The molecule has 0 fully saturated rings. The SMILES string of the molecule is CCC(Nc1cc(Cl)nc(N)n1)c1cc(F)ccc1F. The van der Waals surface area contributed by atoms with Gasteiger partial charge in [-0.15, -0.1) is 0 Å². The number of hydrogen-bond donors (Lipinski definition) is 2. The molecule has 4 nitrogen and oxygen atoms in total. The zero-order valence-corrected chi connectivity index (χ0v) is 11.5. The predicted molar refractivity (Wildman–Crippen MR) is 74.5 cm³/mol. The van der Waals surface area contributed by atoms with Gasteiger partial charge in [-0.1, -0.05) is 18.5 Å². The minimum absolute atomic E-state index is 0.00886. The zero-order valence-electron chi connectivity index (χ0n) is 10.7. The minimum atomic E-state index is -0.498. The second-order valence-electron chi connectivity index (χ2n) is 4.21. The highest BCUT2D eigenvalue weighted by molar-refractivity contribution is 6.29. The summed E-state index contributed by atoms with van der Waals surface area (Å²) in [6, 6.07) is 4.35. The molecule has 0 aliphatic rings. The molecule has 0 spiro atoms. The second-order valence-corrected chi connectivity index (χ2v) is 4.59. The Hall–Kier alpha value is -1.95. The summed E-state index contributed by atoms with van der Waals surface area (Å²) < 4.78 is 27.0. The molecule has 0 radical (unpaired) electrons. The van der Waals surface area contributed by atoms with Crippen LogP contribution < -0.4 is 11.1 Å². The van der Waals surface area contributed by atoms with Crippen molar-refractivity contribution in [3.8, 4) is 0 Å². The fourth-order valence-corrected chi connectivity index (χ4v) is 2.06. The fraction of sp³-hybridized carbons (Fsp3) is 0.231. The van der Waals surface area contributed by atoms with Crippen LogP contribution in [0.4, 0.5) is 20.5 Å². The van der Waals surface area contributed by atoms with E-state index in [9.17, 15) is 8.78 Å². The van der Waals surface area contributed by atoms with E-state index in [4.69, 9.17) is 17.3 Å². The Balaban J connectivity index is 2.31. The molecule has 0 saturated heterocycles. The Labute approximate surface area is 120 Å². The highest BCUT2D eigenvalue weighted by Gasteiger charge is 2.16. The van der Waals surface area contributed by atoms with Crippen LogP contribution in [0, 0.1) is 11.6 Å². The zero-order chi connectivity index (χ0) is 14.7. The normalized spacial score (nSPS) is 12.2. The van der Waals surface area contributed by atoms with E-state index in [2.05, 4.69) is 15.3 Å². The number of nitrogens with zero attached hydrogens (tertiary/aromatic N) is 2. The highest BCUT2D eigenvalue weighted by atomic mass is 35.5. The topological polar surface area (TPSA) is 63.8 Å². The summed E-state index contributed by atoms with van der Waals surface area (Å²) in [6.45, 7) is 1.84. The summed E-state index contributed by atoms with van der Waals surface area (Å²) in [4.78, 5) is 7.68. The van der Waals surface area contributed by atoms with Gasteiger partial charge in [0.25, 0.3) is 0 Å². The highest BCUT2D eigenvalue weighted by Crippen LogP contribution is 2.25. The van der Waals surface area contributed by atoms with Gasteiger partial charge in [0.1, 0.15) is 22.6 Å². The van der Waals surface area contributed by atoms with E-state index in [1.807, 2.05) is 6.92 Å². The van der Waals surface area contributed by atoms with Gasteiger partial charge in [0.05, 0.1) is 6.04 Å². The number of nitrogens with two attached hydrogens (primary N) is 1. The van der Waals surface area contributed by atoms with E-state index in [1.165, 1.54) is 6.07 Å². The fourth-order valence-electron chi connectivity index (χ4n) is 1.87. The average Bonchev–Trinajstić information content (AvgIpc) is 2.38. The second kappa shape index (κ2) is 6.00. The van der Waals surface area contributed by atoms with Crippen molar-refractivity contribution in [2.24, 2.45) is 0 Å². The van der Waals surface area contributed by atoms with E-state index in [1.54, 1.807) is 0 Å². The predicted octanol–water partition coefficient (Wildman–Crippen LogP) is 3.55. The van der Waals surface area contributed by atoms with Gasteiger partial charge in [0, 0.05) is 11.6 Å². The number of halogens is 3. The molecule has 2 aromatic rings. The van der Waals surface area contributed by atoms with Gasteiger partial charge in [-0.05, 0) is 24.6 Å². The van der Waals surface area contributed by atoms with Crippen molar-refractivity contribution in [3.05, 3.63) is 46.6 Å². The Morgan fingerprint density at radius 1 is 1.30 bits per heavy atom. The molecule has 20 heavy (non-hydrogen) atoms. The van der Waals surface area contributed by atoms with E-state index in [0.29, 0.717) is 12.2 Å². The monoisotopic (exact) mass is 298 g/mol. The number of nitrogens with one attached hydrogen (secondary N) is 1. The van der Waals surface area contributed by atoms with E-state index in [0.717, 1.165) is 18.2 Å². The van der Waals surface area contributed by atoms with Crippen molar-refractivity contribution in [1.82, 2.24) is 9.97 Å². The quantitative estimate of drug-likeness (QED) is 0.847. The van der Waals surface area contributed by atoms with Gasteiger partial charge in [-0.3, -0.25) is 0 Å². The van der Waals surface area contributed by atoms with Gasteiger partial charge in [0.2, 0.25) is 5.95 Å². The first kappa shape index (κ1) is 14.5. The third-order valence-corrected chi connectivity index (χ3v) is 2.97. The van der Waals surface area contributed by atoms with Crippen molar-refractivity contribution < 1.29 is 8.78 Å². The molecule has 1 aromatic heterocycles. The van der Waals surface area contributed by atoms with Crippen LogP contribution >= 0.6 is 11.6 Å². The average molecular weight is 299 g/mol. The summed E-state index contributed by atoms with van der Waals surface area (Å²) in [5.41, 5.74) is 5.71. The van der Waals surface area contributed by atoms with Crippen LogP contribution in [0.2, 0.25) is 5.15 Å². The van der Waals surface area contributed by atoms with Gasteiger partial charge in [0.15, 0.2) is 0 Å². The number of hydrogen-bond acceptors (Lipinski definition) is 4. The lowest BCUT2D eigenvalue weighted by atomic mass is 10.0. The maximum atomic E-state index is 13.8. The number of anilines is 2. The third-order valence-electron chi connectivity index (χ3n) is 2.78. The molecule has 0 amide bonds. The standard InChI is InChI=1S/C13H13ClF2N4/c1-2-10(8-5-7(15)3-4-9(8)16)18-12-6-11(14)19-13(17)20-12/h3-6,10H,2H2,1H3,(H3,17,18,19,20). The van der Waals surface area contributed by atoms with Crippen molar-refractivity contribution >= 4 is 23.4 Å². The molecule has 0 bridgehead atoms. The number of benzene rings is 1. The molecule has 3 N–H and O–H groups in total. The molecule has 1 unspecified atom stereocenters. The van der Waals surface area contributed by atoms with Gasteiger partial charge in [-0.25, -0.2) is 13.8 Å². The van der Waals surface area contributed by atoms with Crippen molar-refractivity contribution in [2.45, 2.75) is 19.4 Å². The Bertz CT molecular complexity index is 601. The molecule has 1 aromatic carbocycles. The molecule has 0 aliphatic heterocycles. The molecule has 0 aliphatic carbocycles. The number of rotatable bonds is 4. The van der Waals surface area contributed by atoms with E-state index < -0.39 is 17.7 Å². The molecule has 7 heteroatoms. The molecular formula is C13H13ClF2N4. The van der Waals surface area contributed by atoms with E-state index >= 15 is 0 Å². The lowest BCUT2D eigenvalue weighted by molar-refractivity contribution is 0.566. The molecule has 106 valence electrons. The van der Waals surface area contributed by atoms with Gasteiger partial charge in [-0.2, -0.15) is 4.98 Å². The van der Waals surface area contributed by atoms with Crippen LogP contribution in [0.5, 0.6) is 0 Å². The first-order valence-corrected chi connectivity index (χ1v) is 6.39. The Morgan fingerprint density at radius 2 is 2.05 bits per heavy atom. The Kier molecular flexibility index (Phi) is 4.34. The minimum Gasteiger partial charge on any atom is -0.368 e. The third kappa shape index (κ3) is 3.33. The lowest BCUT2D eigenvalue weighted by Crippen LogP contribution is -2.13. The van der Waals surface area contributed by atoms with Gasteiger partial charge < -0.3 is 11.1 Å². The van der Waals surface area contributed by atoms with Crippen LogP contribution in [-0.4, -0.2) is 9.97 Å². The first-order valence-electron chi connectivity index (χ1n) is 6.01. The van der Waals surface area contributed by atoms with Crippen molar-refractivity contribution in [2.75, 3.05) is 11.1 Å². The number of aromatic nitrogens is 2. The summed E-state index contributed by atoms with van der Waals surface area (Å²) in [6.07, 6.45) is 0.530. The summed E-state index contributed by atoms with van der Waals surface area (Å²) in [7, 11) is 0. The molecule has 1 atom stereocenters. The van der Waals surface area contributed by atoms with E-state index in [-0.39, 0.29) is 16.7 Å². The van der Waals surface area contributed by atoms with Crippen LogP contribution in [0.1, 0.15) is 24.9 Å². The van der Waals surface area contributed by atoms with Crippen LogP contribution in [0.25, 0.3) is 0 Å². The maximum Gasteiger partial charge on any atom is 0.223 e. The van der Waals surface area contributed by atoms with Crippen molar-refractivity contribution in [1.29, 1.82) is 0 Å².